The van der Waals surface area contributed by atoms with E-state index < -0.39 is 11.9 Å². The van der Waals surface area contributed by atoms with Crippen LogP contribution >= 0.6 is 0 Å². The van der Waals surface area contributed by atoms with E-state index in [-0.39, 0.29) is 11.7 Å². The molecule has 1 amide bonds. The molecule has 2 aromatic heterocycles. The van der Waals surface area contributed by atoms with E-state index in [0.717, 1.165) is 79.5 Å². The third-order valence-corrected chi connectivity index (χ3v) is 7.29. The number of nitrogens with zero attached hydrogens (tertiary/aromatic N) is 4. The summed E-state index contributed by atoms with van der Waals surface area (Å²) in [5.74, 6) is -0.533. The molecule has 1 unspecified atom stereocenters. The molecule has 0 bridgehead atoms. The highest BCUT2D eigenvalue weighted by molar-refractivity contribution is 5.97. The Labute approximate surface area is 221 Å². The van der Waals surface area contributed by atoms with E-state index in [9.17, 15) is 14.9 Å². The van der Waals surface area contributed by atoms with E-state index in [2.05, 4.69) is 15.9 Å². The first kappa shape index (κ1) is 25.5. The van der Waals surface area contributed by atoms with E-state index >= 15 is 0 Å². The molecule has 9 heteroatoms. The number of hydrogen-bond acceptors (Lipinski definition) is 7. The van der Waals surface area contributed by atoms with E-state index in [1.54, 1.807) is 23.6 Å². The number of aryl methyl sites for hydroxylation is 1. The van der Waals surface area contributed by atoms with Crippen LogP contribution < -0.4 is 16.4 Å². The summed E-state index contributed by atoms with van der Waals surface area (Å²) in [6.45, 7) is 6.50. The molecule has 196 valence electrons. The second kappa shape index (κ2) is 10.7. The molecule has 1 atom stereocenters. The SMILES string of the molecule is CC(N)C(=O)n1cc(CCCCN2CCN(c3ccc4oc(C(N)=O)cc4c3)CC2)c2cc(C#N)ccc21. The molecule has 0 spiro atoms. The number of fused-ring (bicyclic) bond motifs is 2. The smallest absolute Gasteiger partial charge is 0.284 e. The fourth-order valence-corrected chi connectivity index (χ4v) is 5.20. The molecule has 1 aliphatic rings. The van der Waals surface area contributed by atoms with Crippen LogP contribution in [0.3, 0.4) is 0 Å². The third-order valence-electron chi connectivity index (χ3n) is 7.29. The van der Waals surface area contributed by atoms with Gasteiger partial charge in [-0.15, -0.1) is 0 Å². The van der Waals surface area contributed by atoms with Gasteiger partial charge in [-0.05, 0) is 80.8 Å². The molecule has 2 aromatic carbocycles. The maximum atomic E-state index is 12.6. The van der Waals surface area contributed by atoms with Gasteiger partial charge < -0.3 is 20.8 Å². The quantitative estimate of drug-likeness (QED) is 0.345. The standard InChI is InChI=1S/C29H32N6O3/c1-19(31)29(37)35-18-21(24-14-20(17-30)5-7-25(24)35)4-2-3-9-33-10-12-34(13-11-33)23-6-8-26-22(15-23)16-27(38-26)28(32)36/h5-8,14-16,18-19H,2-4,9-13,31H2,1H3,(H2,32,36). The van der Waals surface area contributed by atoms with Gasteiger partial charge in [0.25, 0.3) is 5.91 Å². The van der Waals surface area contributed by atoms with Gasteiger partial charge in [-0.3, -0.25) is 19.1 Å². The summed E-state index contributed by atoms with van der Waals surface area (Å²) < 4.78 is 7.13. The number of nitriles is 1. The van der Waals surface area contributed by atoms with Gasteiger partial charge in [-0.25, -0.2) is 0 Å². The highest BCUT2D eigenvalue weighted by Gasteiger charge is 2.19. The van der Waals surface area contributed by atoms with Gasteiger partial charge in [0.2, 0.25) is 5.91 Å². The first-order valence-corrected chi connectivity index (χ1v) is 13.0. The maximum absolute atomic E-state index is 12.6. The average Bonchev–Trinajstić information content (AvgIpc) is 3.52. The Balaban J connectivity index is 1.15. The van der Waals surface area contributed by atoms with Gasteiger partial charge in [-0.2, -0.15) is 5.26 Å². The summed E-state index contributed by atoms with van der Waals surface area (Å²) in [4.78, 5) is 28.9. The van der Waals surface area contributed by atoms with Crippen molar-refractivity contribution in [2.75, 3.05) is 37.6 Å². The monoisotopic (exact) mass is 512 g/mol. The number of aromatic nitrogens is 1. The highest BCUT2D eigenvalue weighted by atomic mass is 16.3. The third kappa shape index (κ3) is 5.14. The van der Waals surface area contributed by atoms with Gasteiger partial charge in [0.1, 0.15) is 5.58 Å². The predicted octanol–water partition coefficient (Wildman–Crippen LogP) is 3.49. The van der Waals surface area contributed by atoms with E-state index in [0.29, 0.717) is 11.1 Å². The van der Waals surface area contributed by atoms with Crippen LogP contribution in [0.15, 0.2) is 53.1 Å². The molecule has 0 radical (unpaired) electrons. The van der Waals surface area contributed by atoms with Crippen LogP contribution in [0.1, 0.15) is 46.2 Å². The van der Waals surface area contributed by atoms with Gasteiger partial charge in [0, 0.05) is 48.8 Å². The van der Waals surface area contributed by atoms with Crippen LogP contribution in [0, 0.1) is 11.3 Å². The van der Waals surface area contributed by atoms with Crippen LogP contribution in [0.2, 0.25) is 0 Å². The first-order valence-electron chi connectivity index (χ1n) is 13.0. The molecular formula is C29H32N6O3. The molecule has 4 aromatic rings. The second-order valence-electron chi connectivity index (χ2n) is 9.98. The summed E-state index contributed by atoms with van der Waals surface area (Å²) in [5.41, 5.74) is 15.4. The van der Waals surface area contributed by atoms with Crippen LogP contribution in [0.5, 0.6) is 0 Å². The predicted molar refractivity (Wildman–Crippen MR) is 147 cm³/mol. The number of rotatable bonds is 8. The van der Waals surface area contributed by atoms with Gasteiger partial charge >= 0.3 is 0 Å². The fraction of sp³-hybridized carbons (Fsp3) is 0.345. The van der Waals surface area contributed by atoms with Crippen molar-refractivity contribution in [3.8, 4) is 6.07 Å². The van der Waals surface area contributed by atoms with Crippen molar-refractivity contribution in [3.63, 3.8) is 0 Å². The zero-order valence-electron chi connectivity index (χ0n) is 21.5. The van der Waals surface area contributed by atoms with Crippen molar-refractivity contribution in [3.05, 3.63) is 65.5 Å². The number of carbonyl (C=O) groups is 2. The molecular weight excluding hydrogens is 480 g/mol. The number of hydrogen-bond donors (Lipinski definition) is 2. The number of furan rings is 1. The molecule has 5 rings (SSSR count). The van der Waals surface area contributed by atoms with Gasteiger partial charge in [-0.1, -0.05) is 0 Å². The Bertz CT molecular complexity index is 1540. The minimum atomic E-state index is -0.595. The minimum absolute atomic E-state index is 0.149. The average molecular weight is 513 g/mol. The lowest BCUT2D eigenvalue weighted by molar-refractivity contribution is 0.0891. The fourth-order valence-electron chi connectivity index (χ4n) is 5.20. The lowest BCUT2D eigenvalue weighted by atomic mass is 10.0. The normalized spacial score (nSPS) is 15.1. The van der Waals surface area contributed by atoms with Crippen molar-refractivity contribution in [1.82, 2.24) is 9.47 Å². The zero-order chi connectivity index (χ0) is 26.8. The molecule has 4 N–H and O–H groups in total. The van der Waals surface area contributed by atoms with Crippen molar-refractivity contribution >= 4 is 39.4 Å². The molecule has 3 heterocycles. The van der Waals surface area contributed by atoms with Crippen LogP contribution in [0.25, 0.3) is 21.9 Å². The highest BCUT2D eigenvalue weighted by Crippen LogP contribution is 2.27. The topological polar surface area (TPSA) is 135 Å². The largest absolute Gasteiger partial charge is 0.451 e. The van der Waals surface area contributed by atoms with Gasteiger partial charge in [0.15, 0.2) is 5.76 Å². The summed E-state index contributed by atoms with van der Waals surface area (Å²) in [6, 6.07) is 14.7. The van der Waals surface area contributed by atoms with Gasteiger partial charge in [0.05, 0.1) is 23.2 Å². The molecule has 9 nitrogen and oxygen atoms in total. The van der Waals surface area contributed by atoms with Crippen LogP contribution in [0.4, 0.5) is 5.69 Å². The summed E-state index contributed by atoms with van der Waals surface area (Å²) in [5, 5.41) is 11.2. The lowest BCUT2D eigenvalue weighted by Gasteiger charge is -2.36. The molecule has 1 fully saturated rings. The first-order chi connectivity index (χ1) is 18.3. The number of carbonyl (C=O) groups excluding carboxylic acids is 2. The zero-order valence-corrected chi connectivity index (χ0v) is 21.5. The Hall–Kier alpha value is -4.13. The Kier molecular flexibility index (Phi) is 7.18. The van der Waals surface area contributed by atoms with Crippen molar-refractivity contribution in [2.45, 2.75) is 32.2 Å². The Morgan fingerprint density at radius 2 is 1.87 bits per heavy atom. The number of unbranched alkanes of at least 4 members (excludes halogenated alkanes) is 1. The van der Waals surface area contributed by atoms with E-state index in [1.807, 2.05) is 36.5 Å². The lowest BCUT2D eigenvalue weighted by Crippen LogP contribution is -2.46. The second-order valence-corrected chi connectivity index (χ2v) is 9.98. The summed E-state index contributed by atoms with van der Waals surface area (Å²) in [7, 11) is 0. The van der Waals surface area contributed by atoms with E-state index in [4.69, 9.17) is 15.9 Å². The number of benzene rings is 2. The molecule has 0 saturated carbocycles. The molecule has 1 aliphatic heterocycles. The minimum Gasteiger partial charge on any atom is -0.451 e. The number of anilines is 1. The number of piperazine rings is 1. The van der Waals surface area contributed by atoms with Crippen molar-refractivity contribution < 1.29 is 14.0 Å². The van der Waals surface area contributed by atoms with Crippen molar-refractivity contribution in [1.29, 1.82) is 5.26 Å². The Morgan fingerprint density at radius 1 is 1.08 bits per heavy atom. The number of amides is 1. The van der Waals surface area contributed by atoms with Crippen LogP contribution in [-0.2, 0) is 6.42 Å². The maximum Gasteiger partial charge on any atom is 0.284 e. The summed E-state index contributed by atoms with van der Waals surface area (Å²) in [6.07, 6.45) is 4.76. The number of nitrogens with two attached hydrogens (primary N) is 2. The van der Waals surface area contributed by atoms with Crippen LogP contribution in [-0.4, -0.2) is 60.0 Å². The Morgan fingerprint density at radius 3 is 2.58 bits per heavy atom. The molecule has 0 aliphatic carbocycles. The summed E-state index contributed by atoms with van der Waals surface area (Å²) >= 11 is 0. The van der Waals surface area contributed by atoms with Crippen molar-refractivity contribution in [2.24, 2.45) is 11.5 Å². The number of primary amides is 1. The molecule has 38 heavy (non-hydrogen) atoms. The van der Waals surface area contributed by atoms with E-state index in [1.165, 1.54) is 0 Å². The molecule has 1 saturated heterocycles.